The number of hydrogen-bond acceptors (Lipinski definition) is 4. The Hall–Kier alpha value is -1.14. The van der Waals surface area contributed by atoms with Crippen molar-refractivity contribution in [2.24, 2.45) is 0 Å². The predicted octanol–water partition coefficient (Wildman–Crippen LogP) is 1.64. The zero-order valence-electron chi connectivity index (χ0n) is 13.0. The highest BCUT2D eigenvalue weighted by Crippen LogP contribution is 2.10. The second kappa shape index (κ2) is 10.6. The Labute approximate surface area is 138 Å². The Morgan fingerprint density at radius 2 is 2.18 bits per heavy atom. The van der Waals surface area contributed by atoms with Gasteiger partial charge in [0.15, 0.2) is 0 Å². The lowest BCUT2D eigenvalue weighted by atomic mass is 10.1. The average molecular weight is 329 g/mol. The summed E-state index contributed by atoms with van der Waals surface area (Å²) in [5.74, 6) is -0.0634. The van der Waals surface area contributed by atoms with Gasteiger partial charge in [0.2, 0.25) is 0 Å². The van der Waals surface area contributed by atoms with Gasteiger partial charge in [-0.15, -0.1) is 12.4 Å². The maximum Gasteiger partial charge on any atom is 0.250 e. The van der Waals surface area contributed by atoms with Crippen LogP contribution in [0.25, 0.3) is 0 Å². The van der Waals surface area contributed by atoms with Crippen molar-refractivity contribution in [3.05, 3.63) is 35.4 Å². The van der Waals surface area contributed by atoms with E-state index in [4.69, 9.17) is 9.47 Å². The third-order valence-corrected chi connectivity index (χ3v) is 3.40. The molecule has 0 radical (unpaired) electrons. The summed E-state index contributed by atoms with van der Waals surface area (Å²) < 4.78 is 11.0. The summed E-state index contributed by atoms with van der Waals surface area (Å²) in [5, 5.41) is 6.09. The zero-order valence-corrected chi connectivity index (χ0v) is 13.8. The van der Waals surface area contributed by atoms with Crippen molar-refractivity contribution in [3.63, 3.8) is 0 Å². The smallest absolute Gasteiger partial charge is 0.250 e. The Kier molecular flexibility index (Phi) is 9.08. The number of morpholine rings is 1. The van der Waals surface area contributed by atoms with Gasteiger partial charge in [-0.3, -0.25) is 4.79 Å². The highest BCUT2D eigenvalue weighted by molar-refractivity contribution is 5.85. The number of halogens is 1. The number of hydrogen-bond donors (Lipinski definition) is 2. The van der Waals surface area contributed by atoms with Crippen LogP contribution in [0.1, 0.15) is 24.5 Å². The molecule has 0 aliphatic carbocycles. The van der Waals surface area contributed by atoms with Gasteiger partial charge in [0.1, 0.15) is 6.10 Å². The van der Waals surface area contributed by atoms with E-state index in [9.17, 15) is 4.79 Å². The highest BCUT2D eigenvalue weighted by atomic mass is 35.5. The Morgan fingerprint density at radius 1 is 1.41 bits per heavy atom. The van der Waals surface area contributed by atoms with Gasteiger partial charge in [0, 0.05) is 26.2 Å². The third kappa shape index (κ3) is 5.93. The molecule has 1 unspecified atom stereocenters. The van der Waals surface area contributed by atoms with Crippen LogP contribution in [0.3, 0.4) is 0 Å². The maximum absolute atomic E-state index is 12.0. The molecule has 1 aliphatic heterocycles. The van der Waals surface area contributed by atoms with Crippen molar-refractivity contribution < 1.29 is 14.3 Å². The zero-order chi connectivity index (χ0) is 14.9. The molecular weight excluding hydrogens is 304 g/mol. The van der Waals surface area contributed by atoms with Crippen LogP contribution in [-0.4, -0.2) is 38.3 Å². The van der Waals surface area contributed by atoms with E-state index in [2.05, 4.69) is 17.6 Å². The van der Waals surface area contributed by atoms with Gasteiger partial charge >= 0.3 is 0 Å². The summed E-state index contributed by atoms with van der Waals surface area (Å²) in [6.45, 7) is 5.90. The molecule has 6 heteroatoms. The lowest BCUT2D eigenvalue weighted by molar-refractivity contribution is -0.134. The van der Waals surface area contributed by atoms with Gasteiger partial charge < -0.3 is 20.1 Å². The van der Waals surface area contributed by atoms with Gasteiger partial charge in [-0.25, -0.2) is 0 Å². The first-order valence-corrected chi connectivity index (χ1v) is 7.55. The van der Waals surface area contributed by atoms with E-state index >= 15 is 0 Å². The van der Waals surface area contributed by atoms with Gasteiger partial charge in [-0.05, 0) is 17.5 Å². The van der Waals surface area contributed by atoms with Crippen LogP contribution in [-0.2, 0) is 27.4 Å². The molecule has 1 fully saturated rings. The van der Waals surface area contributed by atoms with E-state index in [0.29, 0.717) is 26.3 Å². The molecule has 2 rings (SSSR count). The second-order valence-electron chi connectivity index (χ2n) is 5.10. The number of amides is 1. The number of rotatable bonds is 7. The van der Waals surface area contributed by atoms with E-state index in [-0.39, 0.29) is 24.4 Å². The monoisotopic (exact) mass is 328 g/mol. The minimum atomic E-state index is -0.387. The molecule has 1 heterocycles. The Balaban J connectivity index is 0.00000242. The molecule has 124 valence electrons. The molecule has 5 nitrogen and oxygen atoms in total. The van der Waals surface area contributed by atoms with Crippen LogP contribution in [0.4, 0.5) is 0 Å². The number of carbonyl (C=O) groups excluding carboxylic acids is 1. The topological polar surface area (TPSA) is 59.6 Å². The number of ether oxygens (including phenoxy) is 2. The third-order valence-electron chi connectivity index (χ3n) is 3.40. The van der Waals surface area contributed by atoms with Gasteiger partial charge in [-0.2, -0.15) is 0 Å². The van der Waals surface area contributed by atoms with E-state index in [1.807, 2.05) is 24.3 Å². The second-order valence-corrected chi connectivity index (χ2v) is 5.10. The first-order chi connectivity index (χ1) is 10.3. The van der Waals surface area contributed by atoms with Crippen LogP contribution in [0.5, 0.6) is 0 Å². The maximum atomic E-state index is 12.0. The minimum Gasteiger partial charge on any atom is -0.377 e. The summed E-state index contributed by atoms with van der Waals surface area (Å²) >= 11 is 0. The fourth-order valence-corrected chi connectivity index (χ4v) is 2.23. The van der Waals surface area contributed by atoms with Crippen molar-refractivity contribution in [2.75, 3.05) is 26.3 Å². The first-order valence-electron chi connectivity index (χ1n) is 7.55. The molecule has 2 N–H and O–H groups in total. The fourth-order valence-electron chi connectivity index (χ4n) is 2.23. The minimum absolute atomic E-state index is 0. The molecule has 22 heavy (non-hydrogen) atoms. The molecule has 1 amide bonds. The Morgan fingerprint density at radius 3 is 2.86 bits per heavy atom. The van der Waals surface area contributed by atoms with E-state index in [1.54, 1.807) is 0 Å². The molecule has 1 aliphatic rings. The van der Waals surface area contributed by atoms with Crippen LogP contribution >= 0.6 is 12.4 Å². The van der Waals surface area contributed by atoms with E-state index in [0.717, 1.165) is 30.7 Å². The summed E-state index contributed by atoms with van der Waals surface area (Å²) in [5.41, 5.74) is 2.21. The number of benzene rings is 1. The molecule has 0 saturated carbocycles. The quantitative estimate of drug-likeness (QED) is 0.747. The van der Waals surface area contributed by atoms with E-state index in [1.165, 1.54) is 0 Å². The van der Waals surface area contributed by atoms with E-state index < -0.39 is 0 Å². The van der Waals surface area contributed by atoms with Crippen molar-refractivity contribution in [1.82, 2.24) is 10.6 Å². The van der Waals surface area contributed by atoms with Crippen molar-refractivity contribution in [2.45, 2.75) is 32.6 Å². The van der Waals surface area contributed by atoms with Gasteiger partial charge in [-0.1, -0.05) is 31.2 Å². The molecule has 0 bridgehead atoms. The first kappa shape index (κ1) is 18.9. The molecule has 1 aromatic rings. The normalized spacial score (nSPS) is 17.6. The standard InChI is InChI=1S/C16H24N2O3.ClH/c1-2-8-20-12-14-6-4-3-5-13(14)10-18-16(19)15-11-17-7-9-21-15;/h3-6,15,17H,2,7-12H2,1H3,(H,18,19);1H. The van der Waals surface area contributed by atoms with Crippen molar-refractivity contribution in [3.8, 4) is 0 Å². The number of carbonyl (C=O) groups is 1. The van der Waals surface area contributed by atoms with Crippen LogP contribution in [0.2, 0.25) is 0 Å². The highest BCUT2D eigenvalue weighted by Gasteiger charge is 2.21. The lowest BCUT2D eigenvalue weighted by Gasteiger charge is -2.23. The van der Waals surface area contributed by atoms with Crippen LogP contribution in [0.15, 0.2) is 24.3 Å². The molecule has 1 atom stereocenters. The number of nitrogens with one attached hydrogen (secondary N) is 2. The van der Waals surface area contributed by atoms with Crippen LogP contribution in [0, 0.1) is 0 Å². The summed E-state index contributed by atoms with van der Waals surface area (Å²) in [7, 11) is 0. The van der Waals surface area contributed by atoms with Crippen molar-refractivity contribution >= 4 is 18.3 Å². The average Bonchev–Trinajstić information content (AvgIpc) is 2.54. The molecular formula is C16H25ClN2O3. The summed E-state index contributed by atoms with van der Waals surface area (Å²) in [4.78, 5) is 12.0. The largest absolute Gasteiger partial charge is 0.377 e. The van der Waals surface area contributed by atoms with Gasteiger partial charge in [0.25, 0.3) is 5.91 Å². The van der Waals surface area contributed by atoms with Gasteiger partial charge in [0.05, 0.1) is 13.2 Å². The molecule has 0 aromatic heterocycles. The molecule has 0 spiro atoms. The molecule has 1 saturated heterocycles. The van der Waals surface area contributed by atoms with Crippen molar-refractivity contribution in [1.29, 1.82) is 0 Å². The summed E-state index contributed by atoms with van der Waals surface area (Å²) in [6, 6.07) is 8.02. The lowest BCUT2D eigenvalue weighted by Crippen LogP contribution is -2.47. The fraction of sp³-hybridized carbons (Fsp3) is 0.562. The summed E-state index contributed by atoms with van der Waals surface area (Å²) in [6.07, 6.45) is 0.618. The SMILES string of the molecule is CCCOCc1ccccc1CNC(=O)C1CNCCO1.Cl. The Bertz CT molecular complexity index is 451. The molecule has 1 aromatic carbocycles. The predicted molar refractivity (Wildman–Crippen MR) is 88.1 cm³/mol. The van der Waals surface area contributed by atoms with Crippen LogP contribution < -0.4 is 10.6 Å².